The fourth-order valence-corrected chi connectivity index (χ4v) is 2.81. The predicted octanol–water partition coefficient (Wildman–Crippen LogP) is 1.77. The van der Waals surface area contributed by atoms with Crippen LogP contribution in [0.25, 0.3) is 17.5 Å². The van der Waals surface area contributed by atoms with Gasteiger partial charge in [0.2, 0.25) is 15.8 Å². The maximum atomic E-state index is 11.9. The van der Waals surface area contributed by atoms with Crippen LogP contribution in [-0.4, -0.2) is 36.1 Å². The van der Waals surface area contributed by atoms with Crippen molar-refractivity contribution < 1.29 is 22.5 Å². The van der Waals surface area contributed by atoms with Crippen LogP contribution in [0.2, 0.25) is 0 Å². The summed E-state index contributed by atoms with van der Waals surface area (Å²) in [5.41, 5.74) is 1.37. The molecule has 9 nitrogen and oxygen atoms in total. The molecule has 1 N–H and O–H groups in total. The number of carbonyl (C=O) groups is 1. The number of nitrogens with one attached hydrogen (secondary N) is 1. The van der Waals surface area contributed by atoms with Crippen LogP contribution in [0.4, 0.5) is 0 Å². The summed E-state index contributed by atoms with van der Waals surface area (Å²) in [6.45, 7) is -0.793. The Kier molecular flexibility index (Phi) is 6.25. The molecule has 0 saturated carbocycles. The number of pyridine rings is 1. The van der Waals surface area contributed by atoms with E-state index >= 15 is 0 Å². The zero-order valence-corrected chi connectivity index (χ0v) is 15.4. The number of benzene rings is 1. The second kappa shape index (κ2) is 9.02. The van der Waals surface area contributed by atoms with E-state index in [0.717, 1.165) is 11.0 Å². The first-order valence-electron chi connectivity index (χ1n) is 8.13. The lowest BCUT2D eigenvalue weighted by Crippen LogP contribution is -2.29. The monoisotopic (exact) mass is 400 g/mol. The van der Waals surface area contributed by atoms with Crippen LogP contribution >= 0.6 is 0 Å². The number of rotatable bonds is 8. The molecule has 3 aromatic rings. The Labute approximate surface area is 161 Å². The molecule has 0 spiro atoms. The molecule has 1 aromatic carbocycles. The molecule has 0 aliphatic carbocycles. The molecule has 0 aliphatic rings. The average molecular weight is 400 g/mol. The smallest absolute Gasteiger partial charge is 0.321 e. The largest absolute Gasteiger partial charge is 0.455 e. The van der Waals surface area contributed by atoms with E-state index < -0.39 is 22.5 Å². The van der Waals surface area contributed by atoms with Crippen molar-refractivity contribution in [3.8, 4) is 11.4 Å². The Hall–Kier alpha value is -3.37. The summed E-state index contributed by atoms with van der Waals surface area (Å²) in [5.74, 6) is -0.386. The van der Waals surface area contributed by atoms with Crippen molar-refractivity contribution in [3.05, 3.63) is 71.7 Å². The van der Waals surface area contributed by atoms with E-state index in [9.17, 15) is 13.2 Å². The van der Waals surface area contributed by atoms with Crippen LogP contribution < -0.4 is 4.72 Å². The highest BCUT2D eigenvalue weighted by Crippen LogP contribution is 2.13. The highest BCUT2D eigenvalue weighted by Gasteiger charge is 2.13. The van der Waals surface area contributed by atoms with Crippen LogP contribution in [0.5, 0.6) is 0 Å². The minimum atomic E-state index is -3.78. The van der Waals surface area contributed by atoms with Gasteiger partial charge < -0.3 is 9.26 Å². The van der Waals surface area contributed by atoms with Crippen molar-refractivity contribution in [1.29, 1.82) is 0 Å². The number of hydrogen-bond donors (Lipinski definition) is 1. The maximum absolute atomic E-state index is 11.9. The highest BCUT2D eigenvalue weighted by atomic mass is 32.2. The number of hydrogen-bond acceptors (Lipinski definition) is 8. The molecule has 10 heteroatoms. The fraction of sp³-hybridized carbons (Fsp3) is 0.111. The van der Waals surface area contributed by atoms with E-state index in [1.165, 1.54) is 6.08 Å². The molecule has 2 aromatic heterocycles. The van der Waals surface area contributed by atoms with Gasteiger partial charge in [-0.3, -0.25) is 9.78 Å². The standard InChI is InChI=1S/C18H16N4O5S/c23-17(12-20-28(24,25)10-8-14-5-2-1-3-6-14)26-13-16-21-18(22-27-16)15-7-4-9-19-11-15/h1-11,20H,12-13H2/b10-8+. The fourth-order valence-electron chi connectivity index (χ4n) is 2.06. The molecule has 0 amide bonds. The summed E-state index contributed by atoms with van der Waals surface area (Å²) in [5, 5.41) is 4.74. The third-order valence-electron chi connectivity index (χ3n) is 3.40. The normalized spacial score (nSPS) is 11.6. The van der Waals surface area contributed by atoms with E-state index in [0.29, 0.717) is 11.4 Å². The maximum Gasteiger partial charge on any atom is 0.321 e. The van der Waals surface area contributed by atoms with E-state index in [-0.39, 0.29) is 12.5 Å². The van der Waals surface area contributed by atoms with Crippen LogP contribution in [0.1, 0.15) is 11.5 Å². The van der Waals surface area contributed by atoms with E-state index in [4.69, 9.17) is 9.26 Å². The molecule has 2 heterocycles. The Morgan fingerprint density at radius 2 is 2.00 bits per heavy atom. The highest BCUT2D eigenvalue weighted by molar-refractivity contribution is 7.92. The van der Waals surface area contributed by atoms with Gasteiger partial charge in [0.15, 0.2) is 6.61 Å². The second-order valence-corrected chi connectivity index (χ2v) is 7.14. The van der Waals surface area contributed by atoms with Crippen molar-refractivity contribution in [2.75, 3.05) is 6.54 Å². The topological polar surface area (TPSA) is 124 Å². The molecule has 28 heavy (non-hydrogen) atoms. The van der Waals surface area contributed by atoms with E-state index in [1.807, 2.05) is 6.07 Å². The molecular weight excluding hydrogens is 384 g/mol. The van der Waals surface area contributed by atoms with Gasteiger partial charge in [-0.05, 0) is 23.8 Å². The van der Waals surface area contributed by atoms with Crippen LogP contribution in [0.15, 0.2) is 64.8 Å². The number of sulfonamides is 1. The number of esters is 1. The summed E-state index contributed by atoms with van der Waals surface area (Å²) in [6.07, 6.45) is 4.60. The molecule has 144 valence electrons. The summed E-state index contributed by atoms with van der Waals surface area (Å²) in [4.78, 5) is 19.8. The Morgan fingerprint density at radius 1 is 1.18 bits per heavy atom. The Balaban J connectivity index is 1.47. The lowest BCUT2D eigenvalue weighted by atomic mass is 10.2. The SMILES string of the molecule is O=C(CNS(=O)(=O)/C=C/c1ccccc1)OCc1nc(-c2cccnc2)no1. The summed E-state index contributed by atoms with van der Waals surface area (Å²) >= 11 is 0. The molecule has 0 saturated heterocycles. The molecule has 0 unspecified atom stereocenters. The molecule has 0 atom stereocenters. The van der Waals surface area contributed by atoms with Gasteiger partial charge in [0.05, 0.1) is 0 Å². The lowest BCUT2D eigenvalue weighted by Gasteiger charge is -2.03. The van der Waals surface area contributed by atoms with E-state index in [1.54, 1.807) is 48.8 Å². The molecule has 0 radical (unpaired) electrons. The first-order valence-corrected chi connectivity index (χ1v) is 9.68. The van der Waals surface area contributed by atoms with Crippen LogP contribution in [0.3, 0.4) is 0 Å². The molecule has 0 bridgehead atoms. The van der Waals surface area contributed by atoms with Gasteiger partial charge in [-0.1, -0.05) is 35.5 Å². The summed E-state index contributed by atoms with van der Waals surface area (Å²) < 4.78 is 35.8. The third kappa shape index (κ3) is 5.83. The first kappa shape index (κ1) is 19.4. The second-order valence-electron chi connectivity index (χ2n) is 5.49. The zero-order valence-electron chi connectivity index (χ0n) is 14.6. The zero-order chi connectivity index (χ0) is 19.8. The van der Waals surface area contributed by atoms with Crippen LogP contribution in [-0.2, 0) is 26.2 Å². The van der Waals surface area contributed by atoms with Gasteiger partial charge in [-0.25, -0.2) is 13.1 Å². The van der Waals surface area contributed by atoms with Gasteiger partial charge in [0, 0.05) is 23.4 Å². The van der Waals surface area contributed by atoms with Crippen molar-refractivity contribution >= 4 is 22.1 Å². The minimum absolute atomic E-state index is 0.0824. The molecule has 0 aliphatic heterocycles. The average Bonchev–Trinajstić information content (AvgIpc) is 3.20. The first-order chi connectivity index (χ1) is 13.5. The third-order valence-corrected chi connectivity index (χ3v) is 4.44. The molecule has 0 fully saturated rings. The van der Waals surface area contributed by atoms with Crippen molar-refractivity contribution in [3.63, 3.8) is 0 Å². The van der Waals surface area contributed by atoms with Crippen molar-refractivity contribution in [2.45, 2.75) is 6.61 Å². The van der Waals surface area contributed by atoms with Crippen LogP contribution in [0, 0.1) is 0 Å². The van der Waals surface area contributed by atoms with E-state index in [2.05, 4.69) is 19.8 Å². The van der Waals surface area contributed by atoms with Gasteiger partial charge in [-0.15, -0.1) is 0 Å². The quantitative estimate of drug-likeness (QED) is 0.567. The minimum Gasteiger partial charge on any atom is -0.455 e. The van der Waals surface area contributed by atoms with Crippen molar-refractivity contribution in [1.82, 2.24) is 19.8 Å². The number of nitrogens with zero attached hydrogens (tertiary/aromatic N) is 3. The van der Waals surface area contributed by atoms with Gasteiger partial charge in [-0.2, -0.15) is 4.98 Å². The lowest BCUT2D eigenvalue weighted by molar-refractivity contribution is -0.144. The molecular formula is C18H16N4O5S. The molecule has 3 rings (SSSR count). The van der Waals surface area contributed by atoms with Gasteiger partial charge >= 0.3 is 5.97 Å². The Bertz CT molecular complexity index is 1050. The van der Waals surface area contributed by atoms with Crippen molar-refractivity contribution in [2.24, 2.45) is 0 Å². The van der Waals surface area contributed by atoms with Gasteiger partial charge in [0.1, 0.15) is 6.54 Å². The number of aromatic nitrogens is 3. The summed E-state index contributed by atoms with van der Waals surface area (Å²) in [7, 11) is -3.78. The number of carbonyl (C=O) groups excluding carboxylic acids is 1. The summed E-state index contributed by atoms with van der Waals surface area (Å²) in [6, 6.07) is 12.4. The van der Waals surface area contributed by atoms with Gasteiger partial charge in [0.25, 0.3) is 5.89 Å². The number of ether oxygens (including phenoxy) is 1. The Morgan fingerprint density at radius 3 is 2.75 bits per heavy atom. The predicted molar refractivity (Wildman–Crippen MR) is 99.7 cm³/mol.